The van der Waals surface area contributed by atoms with Crippen LogP contribution in [-0.2, 0) is 49.5 Å². The van der Waals surface area contributed by atoms with E-state index >= 15 is 0 Å². The number of hydrogen-bond acceptors (Lipinski definition) is 15. The Morgan fingerprint density at radius 2 is 1.61 bits per heavy atom. The SMILES string of the molecule is Cc1ncsc1-c1ccc(CNC(=O)C2CC(O)CN2C(=O)C(NC(=O)COCCOCCOCC(=O)NCCNc2cccc3c2C(=O)N(C2CCC(=O)NC2=O)C3=O)C(C)(C)C)cc1. The molecule has 0 bridgehead atoms. The molecule has 354 valence electrons. The zero-order chi connectivity index (χ0) is 47.5. The van der Waals surface area contributed by atoms with Crippen LogP contribution in [0.4, 0.5) is 5.69 Å². The highest BCUT2D eigenvalue weighted by atomic mass is 32.1. The third-order valence-electron chi connectivity index (χ3n) is 11.2. The minimum Gasteiger partial charge on any atom is -0.391 e. The molecule has 21 heteroatoms. The fourth-order valence-electron chi connectivity index (χ4n) is 7.76. The maximum atomic E-state index is 13.9. The molecule has 2 fully saturated rings. The standard InChI is InChI=1S/C45H56N8O12S/c1-26-38(66-25-49-26)28-10-8-27(9-11-28)21-48-40(58)33-20-29(54)22-52(33)44(62)39(45(2,3)4)50-36(57)24-65-19-17-63-16-18-64-23-35(56)47-15-14-46-31-7-5-6-30-37(31)43(61)53(42(30)60)32-12-13-34(55)51-41(32)59/h5-11,25,29,32-33,39,46,54H,12-24H2,1-4H3,(H,47,56)(H,48,58)(H,50,57)(H,51,55,59). The number of imide groups is 2. The largest absolute Gasteiger partial charge is 0.391 e. The first kappa shape index (κ1) is 49.3. The van der Waals surface area contributed by atoms with Crippen LogP contribution >= 0.6 is 11.3 Å². The van der Waals surface area contributed by atoms with Crippen molar-refractivity contribution in [1.82, 2.24) is 36.1 Å². The summed E-state index contributed by atoms with van der Waals surface area (Å²) in [5.74, 6) is -4.24. The van der Waals surface area contributed by atoms with E-state index in [4.69, 9.17) is 14.2 Å². The summed E-state index contributed by atoms with van der Waals surface area (Å²) in [6.07, 6.45) is -0.776. The predicted molar refractivity (Wildman–Crippen MR) is 239 cm³/mol. The number of benzene rings is 2. The molecule has 0 saturated carbocycles. The average molecular weight is 933 g/mol. The van der Waals surface area contributed by atoms with Gasteiger partial charge in [-0.2, -0.15) is 0 Å². The van der Waals surface area contributed by atoms with Crippen LogP contribution in [0.1, 0.15) is 72.0 Å². The highest BCUT2D eigenvalue weighted by molar-refractivity contribution is 7.13. The number of nitrogens with zero attached hydrogens (tertiary/aromatic N) is 3. The number of β-amino-alcohol motifs (C(OH)–C–C–N with tert-alkyl or cyclic N) is 1. The third-order valence-corrected chi connectivity index (χ3v) is 12.1. The Hall–Kier alpha value is -6.13. The lowest BCUT2D eigenvalue weighted by atomic mass is 9.85. The van der Waals surface area contributed by atoms with Crippen molar-refractivity contribution >= 4 is 64.3 Å². The lowest BCUT2D eigenvalue weighted by Gasteiger charge is -2.35. The van der Waals surface area contributed by atoms with E-state index in [0.29, 0.717) is 5.69 Å². The summed E-state index contributed by atoms with van der Waals surface area (Å²) < 4.78 is 16.3. The summed E-state index contributed by atoms with van der Waals surface area (Å²) in [4.78, 5) is 110. The molecule has 0 aliphatic carbocycles. The fraction of sp³-hybridized carbons (Fsp3) is 0.489. The minimum atomic E-state index is -1.08. The Bertz CT molecular complexity index is 2300. The molecule has 8 amide bonds. The summed E-state index contributed by atoms with van der Waals surface area (Å²) in [6.45, 7) is 7.71. The number of carbonyl (C=O) groups is 8. The lowest BCUT2D eigenvalue weighted by Crippen LogP contribution is -2.58. The van der Waals surface area contributed by atoms with Gasteiger partial charge in [0.2, 0.25) is 35.4 Å². The minimum absolute atomic E-state index is 0.0152. The van der Waals surface area contributed by atoms with E-state index < -0.39 is 76.9 Å². The fourth-order valence-corrected chi connectivity index (χ4v) is 8.57. The quantitative estimate of drug-likeness (QED) is 0.0641. The second-order valence-electron chi connectivity index (χ2n) is 17.1. The van der Waals surface area contributed by atoms with E-state index in [1.165, 1.54) is 11.0 Å². The molecule has 2 aromatic carbocycles. The van der Waals surface area contributed by atoms with E-state index in [9.17, 15) is 43.5 Å². The van der Waals surface area contributed by atoms with Crippen LogP contribution in [0.2, 0.25) is 0 Å². The van der Waals surface area contributed by atoms with Crippen molar-refractivity contribution in [3.8, 4) is 10.4 Å². The van der Waals surface area contributed by atoms with Crippen molar-refractivity contribution < 1.29 is 57.7 Å². The normalized spacial score (nSPS) is 18.8. The molecule has 4 atom stereocenters. The van der Waals surface area contributed by atoms with Gasteiger partial charge in [-0.15, -0.1) is 11.3 Å². The van der Waals surface area contributed by atoms with Gasteiger partial charge in [-0.3, -0.25) is 48.6 Å². The number of aryl methyl sites for hydroxylation is 1. The van der Waals surface area contributed by atoms with Crippen LogP contribution in [0, 0.1) is 12.3 Å². The monoisotopic (exact) mass is 932 g/mol. The Morgan fingerprint density at radius 1 is 0.909 bits per heavy atom. The number of aliphatic hydroxyl groups excluding tert-OH is 1. The van der Waals surface area contributed by atoms with Gasteiger partial charge in [-0.25, -0.2) is 4.98 Å². The number of hydrogen-bond donors (Lipinski definition) is 6. The summed E-state index contributed by atoms with van der Waals surface area (Å²) in [6, 6.07) is 9.47. The van der Waals surface area contributed by atoms with Gasteiger partial charge >= 0.3 is 0 Å². The van der Waals surface area contributed by atoms with Gasteiger partial charge < -0.3 is 45.5 Å². The van der Waals surface area contributed by atoms with E-state index in [1.54, 1.807) is 49.8 Å². The van der Waals surface area contributed by atoms with Crippen LogP contribution in [0.25, 0.3) is 10.4 Å². The Balaban J connectivity index is 0.834. The Kier molecular flexibility index (Phi) is 16.7. The molecule has 4 unspecified atom stereocenters. The molecule has 3 aromatic rings. The second kappa shape index (κ2) is 22.4. The van der Waals surface area contributed by atoms with E-state index in [0.717, 1.165) is 26.6 Å². The molecular formula is C45H56N8O12S. The first-order valence-corrected chi connectivity index (χ1v) is 22.5. The highest BCUT2D eigenvalue weighted by Crippen LogP contribution is 2.33. The number of carbonyl (C=O) groups excluding carboxylic acids is 8. The number of aliphatic hydroxyl groups is 1. The van der Waals surface area contributed by atoms with Crippen molar-refractivity contribution in [2.75, 3.05) is 64.6 Å². The van der Waals surface area contributed by atoms with Gasteiger partial charge in [0, 0.05) is 44.7 Å². The maximum Gasteiger partial charge on any atom is 0.264 e. The zero-order valence-electron chi connectivity index (χ0n) is 37.3. The number of piperidine rings is 1. The second-order valence-corrected chi connectivity index (χ2v) is 18.0. The van der Waals surface area contributed by atoms with Crippen LogP contribution < -0.4 is 26.6 Å². The molecule has 3 aliphatic rings. The molecule has 3 aliphatic heterocycles. The molecule has 4 heterocycles. The first-order chi connectivity index (χ1) is 31.5. The molecule has 6 rings (SSSR count). The molecule has 1 aromatic heterocycles. The maximum absolute atomic E-state index is 13.9. The van der Waals surface area contributed by atoms with E-state index in [2.05, 4.69) is 31.6 Å². The van der Waals surface area contributed by atoms with Crippen molar-refractivity contribution in [1.29, 1.82) is 0 Å². The molecule has 20 nitrogen and oxygen atoms in total. The van der Waals surface area contributed by atoms with Crippen molar-refractivity contribution in [2.24, 2.45) is 5.41 Å². The number of nitrogens with one attached hydrogen (secondary N) is 5. The molecule has 2 saturated heterocycles. The first-order valence-electron chi connectivity index (χ1n) is 21.7. The summed E-state index contributed by atoms with van der Waals surface area (Å²) in [5.41, 5.74) is 4.52. The molecular weight excluding hydrogens is 877 g/mol. The summed E-state index contributed by atoms with van der Waals surface area (Å²) in [7, 11) is 0. The molecule has 0 spiro atoms. The zero-order valence-corrected chi connectivity index (χ0v) is 38.1. The van der Waals surface area contributed by atoms with Gasteiger partial charge in [0.25, 0.3) is 11.8 Å². The Labute approximate surface area is 385 Å². The number of thiazole rings is 1. The number of fused-ring (bicyclic) bond motifs is 1. The number of aromatic nitrogens is 1. The van der Waals surface area contributed by atoms with Gasteiger partial charge in [0.15, 0.2) is 0 Å². The number of amides is 8. The number of rotatable bonds is 21. The molecule has 0 radical (unpaired) electrons. The Morgan fingerprint density at radius 3 is 2.27 bits per heavy atom. The third kappa shape index (κ3) is 12.4. The van der Waals surface area contributed by atoms with Gasteiger partial charge in [0.1, 0.15) is 31.3 Å². The topological polar surface area (TPSA) is 264 Å². The van der Waals surface area contributed by atoms with Crippen molar-refractivity contribution in [2.45, 2.75) is 77.7 Å². The summed E-state index contributed by atoms with van der Waals surface area (Å²) in [5, 5.41) is 24.1. The van der Waals surface area contributed by atoms with Crippen LogP contribution in [0.3, 0.4) is 0 Å². The lowest BCUT2D eigenvalue weighted by molar-refractivity contribution is -0.144. The molecule has 6 N–H and O–H groups in total. The number of ether oxygens (including phenoxy) is 3. The van der Waals surface area contributed by atoms with E-state index in [-0.39, 0.29) is 96.2 Å². The highest BCUT2D eigenvalue weighted by Gasteiger charge is 2.46. The average Bonchev–Trinajstić information content (AvgIpc) is 3.97. The van der Waals surface area contributed by atoms with Crippen molar-refractivity contribution in [3.05, 3.63) is 70.4 Å². The van der Waals surface area contributed by atoms with Gasteiger partial charge in [-0.1, -0.05) is 51.1 Å². The van der Waals surface area contributed by atoms with E-state index in [1.807, 2.05) is 31.2 Å². The van der Waals surface area contributed by atoms with Gasteiger partial charge in [0.05, 0.1) is 59.7 Å². The number of anilines is 1. The molecule has 66 heavy (non-hydrogen) atoms. The van der Waals surface area contributed by atoms with Crippen LogP contribution in [0.5, 0.6) is 0 Å². The van der Waals surface area contributed by atoms with Crippen LogP contribution in [0.15, 0.2) is 48.0 Å². The van der Waals surface area contributed by atoms with Gasteiger partial charge in [-0.05, 0) is 42.0 Å². The van der Waals surface area contributed by atoms with Crippen molar-refractivity contribution in [3.63, 3.8) is 0 Å². The number of likely N-dealkylation sites (tertiary alicyclic amines) is 1. The predicted octanol–water partition coefficient (Wildman–Crippen LogP) is 0.907. The summed E-state index contributed by atoms with van der Waals surface area (Å²) >= 11 is 1.55. The smallest absolute Gasteiger partial charge is 0.264 e. The van der Waals surface area contributed by atoms with Crippen LogP contribution in [-0.4, -0.2) is 151 Å².